The highest BCUT2D eigenvalue weighted by atomic mass is 16.5. The summed E-state index contributed by atoms with van der Waals surface area (Å²) in [7, 11) is 1.61. The van der Waals surface area contributed by atoms with Crippen LogP contribution in [-0.2, 0) is 0 Å². The zero-order chi connectivity index (χ0) is 12.4. The van der Waals surface area contributed by atoms with Gasteiger partial charge in [-0.2, -0.15) is 5.10 Å². The zero-order valence-electron chi connectivity index (χ0n) is 9.77. The molecule has 0 bridgehead atoms. The van der Waals surface area contributed by atoms with Crippen LogP contribution in [0.3, 0.4) is 0 Å². The van der Waals surface area contributed by atoms with Gasteiger partial charge in [-0.25, -0.2) is 4.68 Å². The minimum absolute atomic E-state index is 0.0173. The Balaban J connectivity index is 2.57. The Morgan fingerprint density at radius 2 is 2.12 bits per heavy atom. The predicted octanol–water partition coefficient (Wildman–Crippen LogP) is 1.47. The van der Waals surface area contributed by atoms with E-state index in [4.69, 9.17) is 15.9 Å². The predicted molar refractivity (Wildman–Crippen MR) is 65.9 cm³/mol. The molecule has 0 fully saturated rings. The van der Waals surface area contributed by atoms with Crippen molar-refractivity contribution in [2.75, 3.05) is 7.11 Å². The van der Waals surface area contributed by atoms with Gasteiger partial charge in [-0.15, -0.1) is 0 Å². The van der Waals surface area contributed by atoms with Gasteiger partial charge < -0.3 is 10.5 Å². The minimum Gasteiger partial charge on any atom is -0.494 e. The van der Waals surface area contributed by atoms with E-state index in [9.17, 15) is 0 Å². The van der Waals surface area contributed by atoms with E-state index in [1.165, 1.54) is 0 Å². The first-order valence-corrected chi connectivity index (χ1v) is 5.17. The highest BCUT2D eigenvalue weighted by Crippen LogP contribution is 2.23. The van der Waals surface area contributed by atoms with Crippen molar-refractivity contribution in [2.45, 2.75) is 6.92 Å². The van der Waals surface area contributed by atoms with Crippen molar-refractivity contribution in [1.82, 2.24) is 9.78 Å². The number of nitrogens with one attached hydrogen (secondary N) is 1. The van der Waals surface area contributed by atoms with Crippen LogP contribution in [0.4, 0.5) is 0 Å². The van der Waals surface area contributed by atoms with Gasteiger partial charge in [-0.1, -0.05) is 12.1 Å². The van der Waals surface area contributed by atoms with Gasteiger partial charge in [-0.05, 0) is 19.1 Å². The van der Waals surface area contributed by atoms with Crippen molar-refractivity contribution in [3.8, 4) is 11.4 Å². The normalized spacial score (nSPS) is 10.2. The summed E-state index contributed by atoms with van der Waals surface area (Å²) >= 11 is 0. The van der Waals surface area contributed by atoms with Crippen LogP contribution in [0, 0.1) is 12.3 Å². The van der Waals surface area contributed by atoms with Gasteiger partial charge in [0.2, 0.25) is 0 Å². The van der Waals surface area contributed by atoms with Crippen molar-refractivity contribution < 1.29 is 4.74 Å². The summed E-state index contributed by atoms with van der Waals surface area (Å²) < 4.78 is 7.00. The first kappa shape index (κ1) is 11.2. The summed E-state index contributed by atoms with van der Waals surface area (Å²) in [6.07, 6.45) is 1.59. The average Bonchev–Trinajstić information content (AvgIpc) is 2.71. The molecule has 5 nitrogen and oxygen atoms in total. The van der Waals surface area contributed by atoms with Crippen LogP contribution in [-0.4, -0.2) is 22.7 Å². The van der Waals surface area contributed by atoms with Crippen LogP contribution in [0.2, 0.25) is 0 Å². The quantitative estimate of drug-likeness (QED) is 0.619. The molecule has 0 saturated carbocycles. The van der Waals surface area contributed by atoms with Gasteiger partial charge in [-0.3, -0.25) is 5.41 Å². The Kier molecular flexibility index (Phi) is 2.82. The number of nitrogens with zero attached hydrogens (tertiary/aromatic N) is 2. The summed E-state index contributed by atoms with van der Waals surface area (Å²) in [5, 5.41) is 11.7. The maximum atomic E-state index is 7.44. The number of rotatable bonds is 3. The fraction of sp³-hybridized carbons (Fsp3) is 0.167. The largest absolute Gasteiger partial charge is 0.494 e. The SMILES string of the molecule is COc1ccccc1-n1ncc(C(=N)N)c1C. The summed E-state index contributed by atoms with van der Waals surface area (Å²) in [5.74, 6) is 0.748. The number of para-hydroxylation sites is 2. The summed E-state index contributed by atoms with van der Waals surface area (Å²) in [5.41, 5.74) is 7.76. The number of nitrogens with two attached hydrogens (primary N) is 1. The van der Waals surface area contributed by atoms with Crippen LogP contribution >= 0.6 is 0 Å². The molecule has 1 heterocycles. The molecule has 5 heteroatoms. The number of benzene rings is 1. The van der Waals surface area contributed by atoms with Crippen LogP contribution < -0.4 is 10.5 Å². The molecule has 0 aliphatic heterocycles. The summed E-state index contributed by atoms with van der Waals surface area (Å²) in [6, 6.07) is 7.58. The average molecular weight is 230 g/mol. The van der Waals surface area contributed by atoms with E-state index in [-0.39, 0.29) is 5.84 Å². The number of nitrogen functional groups attached to an aromatic ring is 1. The minimum atomic E-state index is 0.0173. The maximum Gasteiger partial charge on any atom is 0.144 e. The van der Waals surface area contributed by atoms with Gasteiger partial charge in [0.15, 0.2) is 0 Å². The van der Waals surface area contributed by atoms with Crippen LogP contribution in [0.5, 0.6) is 5.75 Å². The van der Waals surface area contributed by atoms with E-state index in [1.54, 1.807) is 18.0 Å². The lowest BCUT2D eigenvalue weighted by Crippen LogP contribution is -2.12. The van der Waals surface area contributed by atoms with E-state index in [0.29, 0.717) is 5.56 Å². The fourth-order valence-electron chi connectivity index (χ4n) is 1.72. The molecule has 0 aliphatic carbocycles. The monoisotopic (exact) mass is 230 g/mol. The highest BCUT2D eigenvalue weighted by molar-refractivity contribution is 5.95. The molecule has 0 amide bonds. The van der Waals surface area contributed by atoms with Crippen LogP contribution in [0.25, 0.3) is 5.69 Å². The Morgan fingerprint density at radius 3 is 2.71 bits per heavy atom. The molecule has 88 valence electrons. The first-order valence-electron chi connectivity index (χ1n) is 5.17. The van der Waals surface area contributed by atoms with Gasteiger partial charge in [0.05, 0.1) is 24.6 Å². The van der Waals surface area contributed by atoms with Gasteiger partial charge in [0, 0.05) is 0 Å². The lowest BCUT2D eigenvalue weighted by Gasteiger charge is -2.09. The summed E-state index contributed by atoms with van der Waals surface area (Å²) in [4.78, 5) is 0. The molecule has 1 aromatic carbocycles. The smallest absolute Gasteiger partial charge is 0.144 e. The third-order valence-electron chi connectivity index (χ3n) is 2.61. The molecule has 0 saturated heterocycles. The Labute approximate surface area is 99.3 Å². The number of hydrogen-bond donors (Lipinski definition) is 2. The van der Waals surface area contributed by atoms with Crippen LogP contribution in [0.15, 0.2) is 30.5 Å². The summed E-state index contributed by atoms with van der Waals surface area (Å²) in [6.45, 7) is 1.87. The zero-order valence-corrected chi connectivity index (χ0v) is 9.77. The lowest BCUT2D eigenvalue weighted by atomic mass is 10.2. The molecule has 0 radical (unpaired) electrons. The molecule has 0 unspecified atom stereocenters. The molecular formula is C12H14N4O. The van der Waals surface area contributed by atoms with Crippen molar-refractivity contribution in [2.24, 2.45) is 5.73 Å². The van der Waals surface area contributed by atoms with Crippen molar-refractivity contribution in [1.29, 1.82) is 5.41 Å². The fourth-order valence-corrected chi connectivity index (χ4v) is 1.72. The van der Waals surface area contributed by atoms with Crippen molar-refractivity contribution in [3.05, 3.63) is 41.7 Å². The van der Waals surface area contributed by atoms with E-state index in [1.807, 2.05) is 31.2 Å². The molecule has 0 atom stereocenters. The topological polar surface area (TPSA) is 76.9 Å². The first-order chi connectivity index (χ1) is 8.15. The van der Waals surface area contributed by atoms with Gasteiger partial charge in [0.1, 0.15) is 17.3 Å². The third-order valence-corrected chi connectivity index (χ3v) is 2.61. The van der Waals surface area contributed by atoms with E-state index in [0.717, 1.165) is 17.1 Å². The number of ether oxygens (including phenoxy) is 1. The molecule has 3 N–H and O–H groups in total. The lowest BCUT2D eigenvalue weighted by molar-refractivity contribution is 0.411. The molecular weight excluding hydrogens is 216 g/mol. The van der Waals surface area contributed by atoms with E-state index < -0.39 is 0 Å². The second-order valence-electron chi connectivity index (χ2n) is 3.64. The van der Waals surface area contributed by atoms with Crippen molar-refractivity contribution in [3.63, 3.8) is 0 Å². The Morgan fingerprint density at radius 1 is 1.41 bits per heavy atom. The van der Waals surface area contributed by atoms with Crippen LogP contribution in [0.1, 0.15) is 11.3 Å². The second-order valence-corrected chi connectivity index (χ2v) is 3.64. The standard InChI is InChI=1S/C12H14N4O/c1-8-9(12(13)14)7-15-16(8)10-5-3-4-6-11(10)17-2/h3-7H,1-2H3,(H3,13,14). The number of hydrogen-bond acceptors (Lipinski definition) is 3. The molecule has 0 spiro atoms. The molecule has 2 aromatic rings. The van der Waals surface area contributed by atoms with Gasteiger partial charge in [0.25, 0.3) is 0 Å². The highest BCUT2D eigenvalue weighted by Gasteiger charge is 2.12. The molecule has 0 aliphatic rings. The second kappa shape index (κ2) is 4.29. The van der Waals surface area contributed by atoms with Gasteiger partial charge >= 0.3 is 0 Å². The maximum absolute atomic E-state index is 7.44. The Bertz CT molecular complexity index is 559. The number of aromatic nitrogens is 2. The number of methoxy groups -OCH3 is 1. The molecule has 17 heavy (non-hydrogen) atoms. The van der Waals surface area contributed by atoms with E-state index >= 15 is 0 Å². The molecule has 1 aromatic heterocycles. The molecule has 2 rings (SSSR count). The third kappa shape index (κ3) is 1.87. The van der Waals surface area contributed by atoms with Crippen molar-refractivity contribution >= 4 is 5.84 Å². The van der Waals surface area contributed by atoms with E-state index in [2.05, 4.69) is 5.10 Å². The number of amidine groups is 1. The Hall–Kier alpha value is -2.30.